The highest BCUT2D eigenvalue weighted by molar-refractivity contribution is 5.97. The van der Waals surface area contributed by atoms with Crippen molar-refractivity contribution >= 4 is 22.8 Å². The summed E-state index contributed by atoms with van der Waals surface area (Å²) in [7, 11) is 0. The van der Waals surface area contributed by atoms with Gasteiger partial charge in [-0.3, -0.25) is 19.6 Å². The van der Waals surface area contributed by atoms with E-state index in [4.69, 9.17) is 4.74 Å². The molecule has 2 fully saturated rings. The number of nitrogens with one attached hydrogen (secondary N) is 2. The van der Waals surface area contributed by atoms with Gasteiger partial charge in [-0.1, -0.05) is 6.92 Å². The average Bonchev–Trinajstić information content (AvgIpc) is 3.56. The maximum absolute atomic E-state index is 12.9. The number of hydrogen-bond donors (Lipinski definition) is 2. The second-order valence-electron chi connectivity index (χ2n) is 8.04. The van der Waals surface area contributed by atoms with Gasteiger partial charge in [-0.2, -0.15) is 0 Å². The van der Waals surface area contributed by atoms with Crippen molar-refractivity contribution < 1.29 is 14.3 Å². The van der Waals surface area contributed by atoms with Crippen LogP contribution >= 0.6 is 0 Å². The molecular weight excluding hydrogens is 368 g/mol. The summed E-state index contributed by atoms with van der Waals surface area (Å²) in [6.45, 7) is 2.72. The largest absolute Gasteiger partial charge is 0.376 e. The fraction of sp³-hybridized carbons (Fsp3) is 0.545. The molecule has 4 rings (SSSR count). The lowest BCUT2D eigenvalue weighted by Crippen LogP contribution is -2.50. The van der Waals surface area contributed by atoms with E-state index in [1.165, 1.54) is 0 Å². The van der Waals surface area contributed by atoms with Gasteiger partial charge in [0, 0.05) is 36.5 Å². The molecule has 2 aromatic rings. The summed E-state index contributed by atoms with van der Waals surface area (Å²) in [4.78, 5) is 34.0. The monoisotopic (exact) mass is 396 g/mol. The Morgan fingerprint density at radius 3 is 2.62 bits per heavy atom. The van der Waals surface area contributed by atoms with E-state index in [1.54, 1.807) is 30.6 Å². The van der Waals surface area contributed by atoms with Crippen LogP contribution in [0.25, 0.3) is 11.0 Å². The third-order valence-electron chi connectivity index (χ3n) is 5.67. The van der Waals surface area contributed by atoms with Gasteiger partial charge < -0.3 is 15.4 Å². The zero-order valence-electron chi connectivity index (χ0n) is 16.8. The molecule has 1 aromatic carbocycles. The zero-order chi connectivity index (χ0) is 20.2. The van der Waals surface area contributed by atoms with E-state index in [-0.39, 0.29) is 29.9 Å². The summed E-state index contributed by atoms with van der Waals surface area (Å²) in [6.07, 6.45) is 8.43. The Morgan fingerprint density at radius 2 is 1.86 bits per heavy atom. The van der Waals surface area contributed by atoms with Gasteiger partial charge in [-0.05, 0) is 56.7 Å². The van der Waals surface area contributed by atoms with Crippen molar-refractivity contribution in [3.05, 3.63) is 36.2 Å². The van der Waals surface area contributed by atoms with Gasteiger partial charge in [-0.15, -0.1) is 0 Å². The van der Waals surface area contributed by atoms with Crippen molar-refractivity contribution in [2.45, 2.75) is 63.6 Å². The molecule has 0 spiro atoms. The molecule has 29 heavy (non-hydrogen) atoms. The van der Waals surface area contributed by atoms with E-state index in [1.807, 2.05) is 0 Å². The number of ether oxygens (including phenoxy) is 1. The Morgan fingerprint density at radius 1 is 1.07 bits per heavy atom. The number of rotatable bonds is 7. The number of carbonyl (C=O) groups excluding carboxylic acids is 2. The van der Waals surface area contributed by atoms with E-state index >= 15 is 0 Å². The van der Waals surface area contributed by atoms with E-state index < -0.39 is 0 Å². The number of aromatic nitrogens is 2. The summed E-state index contributed by atoms with van der Waals surface area (Å²) in [5.41, 5.74) is 1.98. The van der Waals surface area contributed by atoms with Crippen LogP contribution in [0.2, 0.25) is 0 Å². The van der Waals surface area contributed by atoms with Gasteiger partial charge in [-0.25, -0.2) is 0 Å². The number of amides is 2. The summed E-state index contributed by atoms with van der Waals surface area (Å²) in [6, 6.07) is 5.47. The molecule has 2 N–H and O–H groups in total. The van der Waals surface area contributed by atoms with Crippen LogP contribution in [0.1, 0.15) is 55.8 Å². The maximum atomic E-state index is 12.9. The molecular formula is C22H28N4O3. The molecule has 2 aliphatic rings. The molecule has 7 heteroatoms. The lowest BCUT2D eigenvalue weighted by atomic mass is 9.82. The summed E-state index contributed by atoms with van der Waals surface area (Å²) in [5, 5.41) is 6.22. The molecule has 3 atom stereocenters. The van der Waals surface area contributed by atoms with Gasteiger partial charge in [0.2, 0.25) is 5.91 Å². The molecule has 2 amide bonds. The molecule has 2 saturated carbocycles. The van der Waals surface area contributed by atoms with E-state index in [2.05, 4.69) is 27.5 Å². The standard InChI is InChI=1S/C22H28N4O3/c1-2-11-29-20-8-4-15(21(27)25-16-5-6-16)13-19(20)26-22(28)14-3-7-17-18(12-14)24-10-9-23-17/h3,7,9-10,12,15-16,19-20H,2,4-6,8,11,13H2,1H3,(H,25,27)(H,26,28)/t15-,19+,20+/m0/s1. The second kappa shape index (κ2) is 8.86. The van der Waals surface area contributed by atoms with Crippen LogP contribution in [0.3, 0.4) is 0 Å². The Bertz CT molecular complexity index is 883. The van der Waals surface area contributed by atoms with E-state index in [9.17, 15) is 9.59 Å². The van der Waals surface area contributed by atoms with Gasteiger partial charge >= 0.3 is 0 Å². The first-order chi connectivity index (χ1) is 14.1. The normalized spacial score (nSPS) is 24.2. The maximum Gasteiger partial charge on any atom is 0.251 e. The van der Waals surface area contributed by atoms with Crippen molar-refractivity contribution in [1.82, 2.24) is 20.6 Å². The molecule has 7 nitrogen and oxygen atoms in total. The predicted octanol–water partition coefficient (Wildman–Crippen LogP) is 2.60. The first kappa shape index (κ1) is 19.8. The van der Waals surface area contributed by atoms with Gasteiger partial charge in [0.15, 0.2) is 0 Å². The Hall–Kier alpha value is -2.54. The van der Waals surface area contributed by atoms with E-state index in [0.717, 1.165) is 37.6 Å². The number of nitrogens with zero attached hydrogens (tertiary/aromatic N) is 2. The van der Waals surface area contributed by atoms with Crippen molar-refractivity contribution in [2.75, 3.05) is 6.61 Å². The molecule has 2 aliphatic carbocycles. The van der Waals surface area contributed by atoms with Crippen molar-refractivity contribution in [3.8, 4) is 0 Å². The third-order valence-corrected chi connectivity index (χ3v) is 5.67. The van der Waals surface area contributed by atoms with Crippen LogP contribution in [0.4, 0.5) is 0 Å². The minimum absolute atomic E-state index is 0.0656. The van der Waals surface area contributed by atoms with E-state index in [0.29, 0.717) is 30.1 Å². The molecule has 0 radical (unpaired) electrons. The number of benzene rings is 1. The molecule has 0 bridgehead atoms. The van der Waals surface area contributed by atoms with Gasteiger partial charge in [0.05, 0.1) is 23.2 Å². The minimum atomic E-state index is -0.185. The van der Waals surface area contributed by atoms with Crippen LogP contribution in [-0.4, -0.2) is 46.6 Å². The van der Waals surface area contributed by atoms with Crippen LogP contribution < -0.4 is 10.6 Å². The summed E-state index contributed by atoms with van der Waals surface area (Å²) >= 11 is 0. The fourth-order valence-corrected chi connectivity index (χ4v) is 3.90. The number of fused-ring (bicyclic) bond motifs is 1. The summed E-state index contributed by atoms with van der Waals surface area (Å²) in [5.74, 6) is -0.137. The molecule has 0 saturated heterocycles. The highest BCUT2D eigenvalue weighted by atomic mass is 16.5. The first-order valence-corrected chi connectivity index (χ1v) is 10.6. The van der Waals surface area contributed by atoms with Crippen LogP contribution in [0, 0.1) is 5.92 Å². The third kappa shape index (κ3) is 4.90. The topological polar surface area (TPSA) is 93.2 Å². The first-order valence-electron chi connectivity index (χ1n) is 10.6. The number of carbonyl (C=O) groups is 2. The predicted molar refractivity (Wildman–Crippen MR) is 109 cm³/mol. The molecule has 1 aromatic heterocycles. The smallest absolute Gasteiger partial charge is 0.251 e. The van der Waals surface area contributed by atoms with Gasteiger partial charge in [0.25, 0.3) is 5.91 Å². The van der Waals surface area contributed by atoms with Crippen molar-refractivity contribution in [2.24, 2.45) is 5.92 Å². The Kier molecular flexibility index (Phi) is 6.04. The quantitative estimate of drug-likeness (QED) is 0.750. The van der Waals surface area contributed by atoms with Crippen molar-refractivity contribution in [3.63, 3.8) is 0 Å². The van der Waals surface area contributed by atoms with Crippen LogP contribution in [-0.2, 0) is 9.53 Å². The molecule has 0 aliphatic heterocycles. The lowest BCUT2D eigenvalue weighted by molar-refractivity contribution is -0.127. The molecule has 1 heterocycles. The minimum Gasteiger partial charge on any atom is -0.376 e. The molecule has 154 valence electrons. The number of hydrogen-bond acceptors (Lipinski definition) is 5. The highest BCUT2D eigenvalue weighted by Crippen LogP contribution is 2.29. The van der Waals surface area contributed by atoms with Gasteiger partial charge in [0.1, 0.15) is 0 Å². The highest BCUT2D eigenvalue weighted by Gasteiger charge is 2.37. The SMILES string of the molecule is CCCO[C@@H]1CC[C@H](C(=O)NC2CC2)C[C@H]1NC(=O)c1ccc2nccnc2c1. The Labute approximate surface area is 170 Å². The fourth-order valence-electron chi connectivity index (χ4n) is 3.90. The zero-order valence-corrected chi connectivity index (χ0v) is 16.8. The van der Waals surface area contributed by atoms with Crippen LogP contribution in [0.15, 0.2) is 30.6 Å². The average molecular weight is 396 g/mol. The molecule has 0 unspecified atom stereocenters. The Balaban J connectivity index is 1.46. The summed E-state index contributed by atoms with van der Waals surface area (Å²) < 4.78 is 6.00. The second-order valence-corrected chi connectivity index (χ2v) is 8.04. The van der Waals surface area contributed by atoms with Crippen molar-refractivity contribution in [1.29, 1.82) is 0 Å². The van der Waals surface area contributed by atoms with Crippen LogP contribution in [0.5, 0.6) is 0 Å². The lowest BCUT2D eigenvalue weighted by Gasteiger charge is -2.36.